The smallest absolute Gasteiger partial charge is 0.231 e. The second-order valence-electron chi connectivity index (χ2n) is 9.20. The molecular formula is C28H23N4O2+. The number of fused-ring (bicyclic) bond motifs is 6. The Bertz CT molecular complexity index is 1710. The molecular weight excluding hydrogens is 424 g/mol. The van der Waals surface area contributed by atoms with Crippen molar-refractivity contribution in [1.29, 1.82) is 0 Å². The summed E-state index contributed by atoms with van der Waals surface area (Å²) in [6.45, 7) is 1.73. The lowest BCUT2D eigenvalue weighted by Crippen LogP contribution is -2.67. The standard InChI is InChI=1S/C28H22N4O2/c33-27-25(17-7-5-13-31-21-11-3-1-9-19(21)29-15-23(17)31)28(34)26(27)18-8-6-14-32-22-12-4-2-10-20(22)30-16-24(18)32/h1-4,9-12,15-16H,5-8,13-14H2/p+1. The Morgan fingerprint density at radius 3 is 2.56 bits per heavy atom. The molecule has 0 bridgehead atoms. The summed E-state index contributed by atoms with van der Waals surface area (Å²) in [7, 11) is 0. The van der Waals surface area contributed by atoms with E-state index in [1.807, 2.05) is 54.9 Å². The molecule has 1 saturated heterocycles. The van der Waals surface area contributed by atoms with Crippen LogP contribution in [0.15, 0.2) is 76.2 Å². The van der Waals surface area contributed by atoms with E-state index in [9.17, 15) is 9.59 Å². The van der Waals surface area contributed by atoms with E-state index in [0.29, 0.717) is 10.4 Å². The van der Waals surface area contributed by atoms with Crippen molar-refractivity contribution in [2.24, 2.45) is 0 Å². The highest BCUT2D eigenvalue weighted by Crippen LogP contribution is 2.38. The second-order valence-corrected chi connectivity index (χ2v) is 9.20. The molecule has 0 saturated carbocycles. The maximum Gasteiger partial charge on any atom is 0.231 e. The van der Waals surface area contributed by atoms with Crippen molar-refractivity contribution in [3.8, 4) is 0 Å². The summed E-state index contributed by atoms with van der Waals surface area (Å²) in [5.74, 6) is 0. The van der Waals surface area contributed by atoms with Gasteiger partial charge in [-0.3, -0.25) is 9.59 Å². The maximum atomic E-state index is 13.5. The van der Waals surface area contributed by atoms with Crippen molar-refractivity contribution < 1.29 is 4.57 Å². The van der Waals surface area contributed by atoms with E-state index in [1.165, 1.54) is 0 Å². The summed E-state index contributed by atoms with van der Waals surface area (Å²) in [6.07, 6.45) is 7.03. The number of para-hydroxylation sites is 4. The Morgan fingerprint density at radius 2 is 1.65 bits per heavy atom. The Kier molecular flexibility index (Phi) is 4.12. The fraction of sp³-hybridized carbons (Fsp3) is 0.214. The summed E-state index contributed by atoms with van der Waals surface area (Å²) in [5, 5.41) is 4.07. The van der Waals surface area contributed by atoms with Gasteiger partial charge in [0.2, 0.25) is 22.1 Å². The number of aryl methyl sites for hydroxylation is 1. The highest BCUT2D eigenvalue weighted by Gasteiger charge is 2.31. The first-order valence-electron chi connectivity index (χ1n) is 11.9. The summed E-state index contributed by atoms with van der Waals surface area (Å²) in [5.41, 5.74) is 7.41. The van der Waals surface area contributed by atoms with Crippen LogP contribution in [0.1, 0.15) is 31.4 Å². The van der Waals surface area contributed by atoms with Crippen LogP contribution in [0.5, 0.6) is 0 Å². The number of hydrogen-bond acceptors (Lipinski definition) is 5. The largest absolute Gasteiger partial charge is 0.358 e. The fourth-order valence-corrected chi connectivity index (χ4v) is 5.82. The molecule has 7 rings (SSSR count). The zero-order valence-electron chi connectivity index (χ0n) is 18.7. The molecule has 3 aromatic carbocycles. The van der Waals surface area contributed by atoms with Gasteiger partial charge in [0, 0.05) is 30.8 Å². The second kappa shape index (κ2) is 7.22. The van der Waals surface area contributed by atoms with Crippen LogP contribution in [0.4, 0.5) is 11.4 Å². The molecule has 6 nitrogen and oxygen atoms in total. The van der Waals surface area contributed by atoms with Crippen molar-refractivity contribution in [3.63, 3.8) is 0 Å². The van der Waals surface area contributed by atoms with Gasteiger partial charge in [-0.2, -0.15) is 4.57 Å². The quantitative estimate of drug-likeness (QED) is 0.417. The van der Waals surface area contributed by atoms with E-state index in [2.05, 4.69) is 25.8 Å². The minimum atomic E-state index is -0.113. The lowest BCUT2D eigenvalue weighted by atomic mass is 9.91. The fourth-order valence-electron chi connectivity index (χ4n) is 5.82. The first-order chi connectivity index (χ1) is 16.7. The van der Waals surface area contributed by atoms with Gasteiger partial charge in [-0.05, 0) is 43.0 Å². The van der Waals surface area contributed by atoms with Gasteiger partial charge in [0.15, 0.2) is 0 Å². The van der Waals surface area contributed by atoms with Crippen LogP contribution in [0, 0.1) is 0 Å². The van der Waals surface area contributed by atoms with Crippen molar-refractivity contribution in [2.75, 3.05) is 16.8 Å². The van der Waals surface area contributed by atoms with Gasteiger partial charge < -0.3 is 10.2 Å². The highest BCUT2D eigenvalue weighted by molar-refractivity contribution is 5.84. The average molecular weight is 448 g/mol. The lowest BCUT2D eigenvalue weighted by Gasteiger charge is -2.37. The zero-order valence-corrected chi connectivity index (χ0v) is 18.7. The third-order valence-corrected chi connectivity index (χ3v) is 7.39. The van der Waals surface area contributed by atoms with E-state index in [1.54, 1.807) is 0 Å². The van der Waals surface area contributed by atoms with Crippen molar-refractivity contribution >= 4 is 33.6 Å². The summed E-state index contributed by atoms with van der Waals surface area (Å²) in [4.78, 5) is 33.9. The normalized spacial score (nSPS) is 17.2. The SMILES string of the molecule is O=c1c(=C2CCCN3C2=CNc2ccccc23)c(=O)c1=C1CCC[n+]2c1cnc1ccccc12. The molecule has 1 aromatic heterocycles. The van der Waals surface area contributed by atoms with Gasteiger partial charge in [0.25, 0.3) is 0 Å². The van der Waals surface area contributed by atoms with Crippen LogP contribution in [0.3, 0.4) is 0 Å². The highest BCUT2D eigenvalue weighted by atomic mass is 16.1. The van der Waals surface area contributed by atoms with E-state index >= 15 is 0 Å². The molecule has 1 fully saturated rings. The number of piperidine rings is 1. The van der Waals surface area contributed by atoms with Gasteiger partial charge in [-0.1, -0.05) is 24.3 Å². The Labute approximate surface area is 195 Å². The minimum Gasteiger partial charge on any atom is -0.358 e. The molecule has 1 N–H and O–H groups in total. The molecule has 3 aliphatic heterocycles. The molecule has 3 aliphatic rings. The first-order valence-corrected chi connectivity index (χ1v) is 11.9. The van der Waals surface area contributed by atoms with Crippen molar-refractivity contribution in [2.45, 2.75) is 32.2 Å². The number of benzene rings is 2. The van der Waals surface area contributed by atoms with Crippen LogP contribution >= 0.6 is 0 Å². The number of anilines is 2. The molecule has 6 heteroatoms. The van der Waals surface area contributed by atoms with Crippen LogP contribution in [-0.2, 0) is 6.54 Å². The van der Waals surface area contributed by atoms with Crippen molar-refractivity contribution in [1.82, 2.24) is 4.98 Å². The summed E-state index contributed by atoms with van der Waals surface area (Å²) < 4.78 is 2.20. The summed E-state index contributed by atoms with van der Waals surface area (Å²) >= 11 is 0. The summed E-state index contributed by atoms with van der Waals surface area (Å²) in [6, 6.07) is 16.2. The lowest BCUT2D eigenvalue weighted by molar-refractivity contribution is -0.677. The van der Waals surface area contributed by atoms with Crippen LogP contribution in [0.25, 0.3) is 22.2 Å². The Hall–Kier alpha value is -4.06. The molecule has 0 unspecified atom stereocenters. The first kappa shape index (κ1) is 19.4. The molecule has 4 heterocycles. The number of aromatic nitrogens is 2. The monoisotopic (exact) mass is 447 g/mol. The molecule has 0 atom stereocenters. The molecule has 0 radical (unpaired) electrons. The molecule has 0 spiro atoms. The van der Waals surface area contributed by atoms with Crippen molar-refractivity contribution in [3.05, 3.63) is 103 Å². The van der Waals surface area contributed by atoms with Gasteiger partial charge in [0.05, 0.1) is 33.7 Å². The molecule has 166 valence electrons. The van der Waals surface area contributed by atoms with Gasteiger partial charge in [-0.15, -0.1) is 0 Å². The molecule has 0 amide bonds. The van der Waals surface area contributed by atoms with E-state index < -0.39 is 0 Å². The van der Waals surface area contributed by atoms with Crippen LogP contribution in [-0.4, -0.2) is 11.5 Å². The third-order valence-electron chi connectivity index (χ3n) is 7.39. The van der Waals surface area contributed by atoms with Gasteiger partial charge in [0.1, 0.15) is 12.1 Å². The third kappa shape index (κ3) is 2.62. The maximum absolute atomic E-state index is 13.5. The predicted octanol–water partition coefficient (Wildman–Crippen LogP) is 1.83. The van der Waals surface area contributed by atoms with E-state index in [-0.39, 0.29) is 10.9 Å². The topological polar surface area (TPSA) is 66.2 Å². The Morgan fingerprint density at radius 1 is 0.882 bits per heavy atom. The molecule has 34 heavy (non-hydrogen) atoms. The number of hydrogen-bond donors (Lipinski definition) is 1. The molecule has 0 aliphatic carbocycles. The average Bonchev–Trinajstić information content (AvgIpc) is 2.89. The van der Waals surface area contributed by atoms with Gasteiger partial charge >= 0.3 is 0 Å². The predicted molar refractivity (Wildman–Crippen MR) is 132 cm³/mol. The number of allylic oxidation sites excluding steroid dienone is 1. The number of nitrogens with zero attached hydrogens (tertiary/aromatic N) is 3. The van der Waals surface area contributed by atoms with E-state index in [4.69, 9.17) is 0 Å². The minimum absolute atomic E-state index is 0.113. The molecule has 4 aromatic rings. The number of rotatable bonds is 0. The number of nitrogens with one attached hydrogen (secondary N) is 1. The zero-order chi connectivity index (χ0) is 22.8. The van der Waals surface area contributed by atoms with E-state index in [0.717, 1.165) is 83.7 Å². The van der Waals surface area contributed by atoms with Crippen LogP contribution < -0.4 is 36.1 Å². The van der Waals surface area contributed by atoms with Gasteiger partial charge in [-0.25, -0.2) is 4.98 Å². The van der Waals surface area contributed by atoms with Crippen LogP contribution in [0.2, 0.25) is 0 Å². The Balaban J connectivity index is 1.44.